The Hall–Kier alpha value is -2.62. The van der Waals surface area contributed by atoms with E-state index in [2.05, 4.69) is 52.2 Å². The first-order valence-corrected chi connectivity index (χ1v) is 12.1. The fourth-order valence-electron chi connectivity index (χ4n) is 7.18. The first kappa shape index (κ1) is 18.9. The molecule has 0 saturated heterocycles. The van der Waals surface area contributed by atoms with Gasteiger partial charge in [-0.15, -0.1) is 0 Å². The third-order valence-corrected chi connectivity index (χ3v) is 9.85. The lowest BCUT2D eigenvalue weighted by Gasteiger charge is -2.57. The van der Waals surface area contributed by atoms with Crippen LogP contribution in [0.1, 0.15) is 74.6 Å². The molecule has 4 bridgehead atoms. The molecule has 4 nitrogen and oxygen atoms in total. The minimum absolute atomic E-state index is 0.426. The maximum atomic E-state index is 4.77. The van der Waals surface area contributed by atoms with Crippen LogP contribution in [0.15, 0.2) is 36.9 Å². The molecule has 3 heterocycles. The van der Waals surface area contributed by atoms with Gasteiger partial charge in [0.25, 0.3) is 0 Å². The molecule has 9 rings (SSSR count). The van der Waals surface area contributed by atoms with E-state index in [1.807, 2.05) is 12.4 Å². The lowest BCUT2D eigenvalue weighted by molar-refractivity contribution is 0.0183. The Morgan fingerprint density at radius 1 is 0.594 bits per heavy atom. The fourth-order valence-corrected chi connectivity index (χ4v) is 7.18. The number of rotatable bonds is 2. The van der Waals surface area contributed by atoms with Crippen LogP contribution in [0.5, 0.6) is 0 Å². The van der Waals surface area contributed by atoms with Crippen LogP contribution in [0.4, 0.5) is 0 Å². The Labute approximate surface area is 190 Å². The highest BCUT2D eigenvalue weighted by molar-refractivity contribution is 5.61. The summed E-state index contributed by atoms with van der Waals surface area (Å²) < 4.78 is 0. The maximum Gasteiger partial charge on any atom is 0.107 e. The molecule has 0 radical (unpaired) electrons. The van der Waals surface area contributed by atoms with Crippen LogP contribution in [0, 0.1) is 22.7 Å². The molecule has 0 amide bonds. The third kappa shape index (κ3) is 2.39. The highest BCUT2D eigenvalue weighted by atomic mass is 14.9. The Bertz CT molecular complexity index is 1160. The smallest absolute Gasteiger partial charge is 0.107 e. The van der Waals surface area contributed by atoms with Crippen LogP contribution in [-0.2, 0) is 12.8 Å². The van der Waals surface area contributed by atoms with Gasteiger partial charge in [-0.3, -0.25) is 19.9 Å². The van der Waals surface area contributed by atoms with Gasteiger partial charge in [0, 0.05) is 12.4 Å². The number of aromatic nitrogens is 4. The Balaban J connectivity index is 1.17. The molecule has 0 aromatic carbocycles. The third-order valence-electron chi connectivity index (χ3n) is 9.85. The van der Waals surface area contributed by atoms with Crippen molar-refractivity contribution in [3.63, 3.8) is 0 Å². The molecule has 6 aliphatic rings. The zero-order valence-corrected chi connectivity index (χ0v) is 19.4. The average molecular weight is 423 g/mol. The van der Waals surface area contributed by atoms with Crippen molar-refractivity contribution in [2.24, 2.45) is 22.7 Å². The summed E-state index contributed by atoms with van der Waals surface area (Å²) >= 11 is 0. The molecular formula is C28H30N4. The van der Waals surface area contributed by atoms with Crippen LogP contribution in [0.2, 0.25) is 0 Å². The first-order valence-electron chi connectivity index (χ1n) is 12.1. The summed E-state index contributed by atoms with van der Waals surface area (Å²) in [5.74, 6) is 2.93. The van der Waals surface area contributed by atoms with Crippen LogP contribution in [-0.4, -0.2) is 19.9 Å². The molecule has 4 atom stereocenters. The second-order valence-electron chi connectivity index (χ2n) is 11.8. The molecule has 0 aliphatic heterocycles. The monoisotopic (exact) mass is 422 g/mol. The van der Waals surface area contributed by atoms with Gasteiger partial charge in [-0.2, -0.15) is 0 Å². The molecule has 3 aromatic heterocycles. The number of nitrogens with zero attached hydrogens (tertiary/aromatic N) is 4. The zero-order valence-electron chi connectivity index (χ0n) is 19.4. The quantitative estimate of drug-likeness (QED) is 0.510. The minimum Gasteiger partial charge on any atom is -0.254 e. The van der Waals surface area contributed by atoms with Crippen molar-refractivity contribution in [1.29, 1.82) is 0 Å². The van der Waals surface area contributed by atoms with Crippen molar-refractivity contribution in [3.05, 3.63) is 59.2 Å². The van der Waals surface area contributed by atoms with E-state index >= 15 is 0 Å². The van der Waals surface area contributed by atoms with Gasteiger partial charge in [-0.05, 0) is 94.6 Å². The van der Waals surface area contributed by atoms with Gasteiger partial charge in [0.05, 0.1) is 23.8 Å². The van der Waals surface area contributed by atoms with Crippen molar-refractivity contribution < 1.29 is 0 Å². The van der Waals surface area contributed by atoms with Crippen LogP contribution < -0.4 is 0 Å². The molecule has 3 aromatic rings. The topological polar surface area (TPSA) is 51.6 Å². The summed E-state index contributed by atoms with van der Waals surface area (Å²) in [6.07, 6.45) is 12.9. The van der Waals surface area contributed by atoms with E-state index in [4.69, 9.17) is 19.9 Å². The fraction of sp³-hybridized carbons (Fsp3) is 0.500. The van der Waals surface area contributed by atoms with E-state index in [-0.39, 0.29) is 0 Å². The largest absolute Gasteiger partial charge is 0.254 e. The van der Waals surface area contributed by atoms with E-state index in [0.29, 0.717) is 22.7 Å². The molecule has 4 unspecified atom stereocenters. The van der Waals surface area contributed by atoms with Crippen molar-refractivity contribution >= 4 is 0 Å². The van der Waals surface area contributed by atoms with Crippen LogP contribution in [0.3, 0.4) is 0 Å². The second kappa shape index (κ2) is 6.03. The standard InChI is InChI=1S/C28H30N4/c1-27(2)17-5-15-7-23(29-11-19(15)21(27)9-17)25-13-32-26(14-31-25)24-8-16-6-18-10-22(28(18,3)4)20(16)12-30-24/h7-8,11-14,17-18,21-22H,5-6,9-10H2,1-4H3. The Morgan fingerprint density at radius 3 is 1.38 bits per heavy atom. The van der Waals surface area contributed by atoms with Gasteiger partial charge in [-0.25, -0.2) is 0 Å². The average Bonchev–Trinajstić information content (AvgIpc) is 2.82. The predicted molar refractivity (Wildman–Crippen MR) is 125 cm³/mol. The molecule has 6 aliphatic carbocycles. The van der Waals surface area contributed by atoms with Gasteiger partial charge >= 0.3 is 0 Å². The minimum atomic E-state index is 0.426. The van der Waals surface area contributed by atoms with Gasteiger partial charge in [0.1, 0.15) is 11.4 Å². The van der Waals surface area contributed by atoms with Crippen molar-refractivity contribution in [2.75, 3.05) is 0 Å². The molecule has 2 saturated carbocycles. The summed E-state index contributed by atoms with van der Waals surface area (Å²) in [7, 11) is 0. The van der Waals surface area contributed by atoms with Gasteiger partial charge in [0.2, 0.25) is 0 Å². The molecule has 0 N–H and O–H groups in total. The maximum absolute atomic E-state index is 4.77. The van der Waals surface area contributed by atoms with Gasteiger partial charge in [-0.1, -0.05) is 27.7 Å². The molecule has 0 spiro atoms. The van der Waals surface area contributed by atoms with E-state index in [0.717, 1.165) is 47.5 Å². The SMILES string of the molecule is CC1(C)C2Cc3cc(-c4cnc(-c5cc6c(cn5)C5CC(C6)C5(C)C)cn4)ncc3C1C2. The zero-order chi connectivity index (χ0) is 21.8. The van der Waals surface area contributed by atoms with E-state index in [9.17, 15) is 0 Å². The molecule has 2 fully saturated rings. The lowest BCUT2D eigenvalue weighted by Crippen LogP contribution is -2.48. The summed E-state index contributed by atoms with van der Waals surface area (Å²) in [6.45, 7) is 9.63. The lowest BCUT2D eigenvalue weighted by atomic mass is 9.47. The van der Waals surface area contributed by atoms with Crippen molar-refractivity contribution in [1.82, 2.24) is 19.9 Å². The Kier molecular flexibility index (Phi) is 3.56. The van der Waals surface area contributed by atoms with Gasteiger partial charge < -0.3 is 0 Å². The van der Waals surface area contributed by atoms with E-state index in [1.165, 1.54) is 35.1 Å². The molecular weight excluding hydrogens is 392 g/mol. The van der Waals surface area contributed by atoms with Crippen molar-refractivity contribution in [2.45, 2.75) is 65.2 Å². The van der Waals surface area contributed by atoms with E-state index in [1.54, 1.807) is 0 Å². The van der Waals surface area contributed by atoms with Crippen LogP contribution >= 0.6 is 0 Å². The van der Waals surface area contributed by atoms with E-state index < -0.39 is 0 Å². The van der Waals surface area contributed by atoms with Crippen LogP contribution in [0.25, 0.3) is 22.8 Å². The van der Waals surface area contributed by atoms with Gasteiger partial charge in [0.15, 0.2) is 0 Å². The predicted octanol–water partition coefficient (Wildman–Crippen LogP) is 5.97. The Morgan fingerprint density at radius 2 is 1.00 bits per heavy atom. The van der Waals surface area contributed by atoms with Crippen molar-refractivity contribution in [3.8, 4) is 22.8 Å². The summed E-state index contributed by atoms with van der Waals surface area (Å²) in [6, 6.07) is 4.50. The first-order chi connectivity index (χ1) is 15.3. The highest BCUT2D eigenvalue weighted by Gasteiger charge is 2.53. The summed E-state index contributed by atoms with van der Waals surface area (Å²) in [4.78, 5) is 19.0. The molecule has 32 heavy (non-hydrogen) atoms. The second-order valence-corrected chi connectivity index (χ2v) is 11.8. The highest BCUT2D eigenvalue weighted by Crippen LogP contribution is 2.63. The molecule has 4 heteroatoms. The normalized spacial score (nSPS) is 29.9. The summed E-state index contributed by atoms with van der Waals surface area (Å²) in [5, 5.41) is 0. The summed E-state index contributed by atoms with van der Waals surface area (Å²) in [5.41, 5.74) is 10.2. The number of hydrogen-bond donors (Lipinski definition) is 0. The molecule has 162 valence electrons. The number of hydrogen-bond acceptors (Lipinski definition) is 4. The number of pyridine rings is 2.